The van der Waals surface area contributed by atoms with Crippen molar-refractivity contribution in [3.05, 3.63) is 23.3 Å². The van der Waals surface area contributed by atoms with Crippen LogP contribution in [0, 0.1) is 5.92 Å². The van der Waals surface area contributed by atoms with E-state index in [0.29, 0.717) is 12.0 Å². The van der Waals surface area contributed by atoms with Crippen LogP contribution in [0.5, 0.6) is 0 Å². The number of aliphatic hydroxyl groups is 3. The molecule has 0 radical (unpaired) electrons. The number of carbonyl (C=O) groups is 2. The van der Waals surface area contributed by atoms with Crippen molar-refractivity contribution < 1.29 is 24.9 Å². The van der Waals surface area contributed by atoms with Gasteiger partial charge in [-0.1, -0.05) is 24.6 Å². The van der Waals surface area contributed by atoms with Crippen LogP contribution in [0.3, 0.4) is 0 Å². The van der Waals surface area contributed by atoms with Crippen molar-refractivity contribution in [1.29, 1.82) is 0 Å². The summed E-state index contributed by atoms with van der Waals surface area (Å²) in [5.41, 5.74) is 1.54. The van der Waals surface area contributed by atoms with Gasteiger partial charge < -0.3 is 26.0 Å². The normalized spacial score (nSPS) is 16.6. The minimum absolute atomic E-state index is 0.0998. The quantitative estimate of drug-likeness (QED) is 0.264. The van der Waals surface area contributed by atoms with Gasteiger partial charge in [0.1, 0.15) is 6.04 Å². The number of hydrogen-bond donors (Lipinski definition) is 5. The number of hydrogen-bond acceptors (Lipinski definition) is 5. The zero-order valence-corrected chi connectivity index (χ0v) is 13.2. The Bertz CT molecular complexity index is 420. The van der Waals surface area contributed by atoms with E-state index in [9.17, 15) is 14.7 Å². The lowest BCUT2D eigenvalue weighted by atomic mass is 9.99. The Morgan fingerprint density at radius 3 is 2.32 bits per heavy atom. The van der Waals surface area contributed by atoms with Crippen molar-refractivity contribution in [3.8, 4) is 0 Å². The molecule has 0 saturated heterocycles. The van der Waals surface area contributed by atoms with Gasteiger partial charge in [-0.2, -0.15) is 0 Å². The van der Waals surface area contributed by atoms with Crippen LogP contribution in [0.15, 0.2) is 23.3 Å². The highest BCUT2D eigenvalue weighted by Gasteiger charge is 2.16. The fourth-order valence-electron chi connectivity index (χ4n) is 1.62. The van der Waals surface area contributed by atoms with E-state index in [1.54, 1.807) is 32.9 Å². The predicted molar refractivity (Wildman–Crippen MR) is 82.9 cm³/mol. The number of aliphatic hydroxyl groups excluding tert-OH is 3. The average Bonchev–Trinajstić information content (AvgIpc) is 2.53. The Balaban J connectivity index is 4.50. The fraction of sp³-hybridized carbons (Fsp3) is 0.600. The molecule has 0 bridgehead atoms. The third-order valence-corrected chi connectivity index (χ3v) is 3.23. The van der Waals surface area contributed by atoms with Crippen molar-refractivity contribution in [2.45, 2.75) is 32.9 Å². The number of amides is 2. The van der Waals surface area contributed by atoms with Gasteiger partial charge in [0.15, 0.2) is 0 Å². The molecule has 3 atom stereocenters. The standard InChI is InChI=1S/C15H26N2O5/c1-10(4-5-11(2)14(21)12(3)7-18)6-16-15(22)13(8-19)17-9-20/h4-5,9,12-14,18-19,21H,6-8H2,1-3H3,(H,16,22)(H,17,20)/b10-4+,11-5+/t12-,13-,14+/m0/s1. The monoisotopic (exact) mass is 314 g/mol. The van der Waals surface area contributed by atoms with Crippen LogP contribution in [0.2, 0.25) is 0 Å². The summed E-state index contributed by atoms with van der Waals surface area (Å²) in [6.07, 6.45) is 3.12. The van der Waals surface area contributed by atoms with E-state index < -0.39 is 24.7 Å². The smallest absolute Gasteiger partial charge is 0.245 e. The first kappa shape index (κ1) is 20.3. The highest BCUT2D eigenvalue weighted by molar-refractivity contribution is 5.83. The van der Waals surface area contributed by atoms with Gasteiger partial charge in [-0.25, -0.2) is 0 Å². The Labute approximate surface area is 130 Å². The van der Waals surface area contributed by atoms with Crippen LogP contribution < -0.4 is 10.6 Å². The molecule has 0 spiro atoms. The van der Waals surface area contributed by atoms with Crippen molar-refractivity contribution >= 4 is 12.3 Å². The van der Waals surface area contributed by atoms with Crippen LogP contribution in [-0.4, -0.2) is 59.5 Å². The van der Waals surface area contributed by atoms with Gasteiger partial charge >= 0.3 is 0 Å². The minimum atomic E-state index is -0.963. The highest BCUT2D eigenvalue weighted by atomic mass is 16.3. The summed E-state index contributed by atoms with van der Waals surface area (Å²) in [6.45, 7) is 4.98. The molecule has 0 aliphatic carbocycles. The predicted octanol–water partition coefficient (Wildman–Crippen LogP) is -0.909. The molecule has 7 heteroatoms. The molecule has 22 heavy (non-hydrogen) atoms. The Hall–Kier alpha value is -1.70. The van der Waals surface area contributed by atoms with E-state index >= 15 is 0 Å². The van der Waals surface area contributed by atoms with E-state index in [2.05, 4.69) is 10.6 Å². The molecule has 126 valence electrons. The SMILES string of the molecule is C/C(=C\C=C(/C)[C@@H](O)[C@@H](C)CO)CNC(=O)[C@H](CO)NC=O. The molecule has 0 aromatic heterocycles. The third-order valence-electron chi connectivity index (χ3n) is 3.23. The maximum absolute atomic E-state index is 11.6. The maximum atomic E-state index is 11.6. The molecule has 7 nitrogen and oxygen atoms in total. The summed E-state index contributed by atoms with van der Waals surface area (Å²) in [5.74, 6) is -0.721. The summed E-state index contributed by atoms with van der Waals surface area (Å²) in [5, 5.41) is 32.6. The summed E-state index contributed by atoms with van der Waals surface area (Å²) in [4.78, 5) is 21.9. The fourth-order valence-corrected chi connectivity index (χ4v) is 1.62. The van der Waals surface area contributed by atoms with E-state index in [-0.39, 0.29) is 19.1 Å². The van der Waals surface area contributed by atoms with Crippen molar-refractivity contribution in [3.63, 3.8) is 0 Å². The van der Waals surface area contributed by atoms with Crippen LogP contribution in [-0.2, 0) is 9.59 Å². The summed E-state index contributed by atoms with van der Waals surface area (Å²) in [7, 11) is 0. The molecule has 0 saturated carbocycles. The molecule has 0 aromatic rings. The molecule has 0 unspecified atom stereocenters. The molecule has 0 aromatic carbocycles. The maximum Gasteiger partial charge on any atom is 0.245 e. The molecule has 0 heterocycles. The Morgan fingerprint density at radius 2 is 1.82 bits per heavy atom. The Kier molecular flexibility index (Phi) is 10.1. The van der Waals surface area contributed by atoms with Crippen LogP contribution in [0.1, 0.15) is 20.8 Å². The minimum Gasteiger partial charge on any atom is -0.396 e. The molecule has 0 aliphatic heterocycles. The number of allylic oxidation sites excluding steroid dienone is 2. The van der Waals surface area contributed by atoms with Gasteiger partial charge in [-0.05, 0) is 19.4 Å². The van der Waals surface area contributed by atoms with Crippen LogP contribution >= 0.6 is 0 Å². The summed E-state index contributed by atoms with van der Waals surface area (Å²) in [6, 6.07) is -0.963. The van der Waals surface area contributed by atoms with Gasteiger partial charge in [0.05, 0.1) is 12.7 Å². The van der Waals surface area contributed by atoms with Crippen molar-refractivity contribution in [2.24, 2.45) is 5.92 Å². The average molecular weight is 314 g/mol. The Morgan fingerprint density at radius 1 is 1.18 bits per heavy atom. The number of carbonyl (C=O) groups excluding carboxylic acids is 2. The zero-order valence-electron chi connectivity index (χ0n) is 13.2. The molecule has 0 rings (SSSR count). The first-order chi connectivity index (χ1) is 10.4. The first-order valence-electron chi connectivity index (χ1n) is 7.08. The number of nitrogens with one attached hydrogen (secondary N) is 2. The molecule has 5 N–H and O–H groups in total. The second-order valence-corrected chi connectivity index (χ2v) is 5.27. The van der Waals surface area contributed by atoms with E-state index in [1.165, 1.54) is 0 Å². The first-order valence-corrected chi connectivity index (χ1v) is 7.08. The molecule has 0 fully saturated rings. The van der Waals surface area contributed by atoms with Gasteiger partial charge in [0.25, 0.3) is 0 Å². The summed E-state index contributed by atoms with van der Waals surface area (Å²) >= 11 is 0. The lowest BCUT2D eigenvalue weighted by Gasteiger charge is -2.17. The van der Waals surface area contributed by atoms with E-state index in [4.69, 9.17) is 10.2 Å². The van der Waals surface area contributed by atoms with E-state index in [1.807, 2.05) is 0 Å². The lowest BCUT2D eigenvalue weighted by Crippen LogP contribution is -2.46. The molecular formula is C15H26N2O5. The second-order valence-electron chi connectivity index (χ2n) is 5.27. The number of rotatable bonds is 10. The third kappa shape index (κ3) is 7.35. The molecule has 0 aliphatic rings. The lowest BCUT2D eigenvalue weighted by molar-refractivity contribution is -0.126. The van der Waals surface area contributed by atoms with Gasteiger partial charge in [-0.3, -0.25) is 9.59 Å². The van der Waals surface area contributed by atoms with Crippen LogP contribution in [0.4, 0.5) is 0 Å². The van der Waals surface area contributed by atoms with Crippen LogP contribution in [0.25, 0.3) is 0 Å². The highest BCUT2D eigenvalue weighted by Crippen LogP contribution is 2.12. The van der Waals surface area contributed by atoms with Crippen molar-refractivity contribution in [2.75, 3.05) is 19.8 Å². The molecular weight excluding hydrogens is 288 g/mol. The van der Waals surface area contributed by atoms with Gasteiger partial charge in [0.2, 0.25) is 12.3 Å². The van der Waals surface area contributed by atoms with Gasteiger partial charge in [0, 0.05) is 19.1 Å². The topological polar surface area (TPSA) is 119 Å². The van der Waals surface area contributed by atoms with Gasteiger partial charge in [-0.15, -0.1) is 0 Å². The molecule has 2 amide bonds. The van der Waals surface area contributed by atoms with E-state index in [0.717, 1.165) is 5.57 Å². The van der Waals surface area contributed by atoms with Crippen molar-refractivity contribution in [1.82, 2.24) is 10.6 Å². The summed E-state index contributed by atoms with van der Waals surface area (Å²) < 4.78 is 0. The largest absolute Gasteiger partial charge is 0.396 e. The second kappa shape index (κ2) is 10.9. The zero-order chi connectivity index (χ0) is 17.1.